The molecule has 0 N–H and O–H groups in total. The van der Waals surface area contributed by atoms with E-state index in [0.29, 0.717) is 0 Å². The quantitative estimate of drug-likeness (QED) is 0.356. The van der Waals surface area contributed by atoms with Crippen LogP contribution in [-0.2, 0) is 21.7 Å². The van der Waals surface area contributed by atoms with Gasteiger partial charge in [0, 0.05) is 0 Å². The Morgan fingerprint density at radius 1 is 0.375 bits per heavy atom. The van der Waals surface area contributed by atoms with Gasteiger partial charge in [-0.1, -0.05) is 0 Å². The van der Waals surface area contributed by atoms with Crippen LogP contribution in [0.1, 0.15) is 0 Å². The van der Waals surface area contributed by atoms with E-state index in [2.05, 4.69) is 0 Å². The van der Waals surface area contributed by atoms with E-state index < -0.39 is 0 Å². The van der Waals surface area contributed by atoms with Crippen LogP contribution in [0.5, 0.6) is 0 Å². The van der Waals surface area contributed by atoms with E-state index in [1.54, 1.807) is 0 Å². The summed E-state index contributed by atoms with van der Waals surface area (Å²) in [6.45, 7) is 0. The minimum Gasteiger partial charge on any atom is -1.00 e. The van der Waals surface area contributed by atoms with Crippen LogP contribution in [-0.4, -0.2) is 48.9 Å². The maximum Gasteiger partial charge on any atom is 4.00 e. The van der Waals surface area contributed by atoms with Gasteiger partial charge in [-0.3, -0.25) is 0 Å². The van der Waals surface area contributed by atoms with Crippen molar-refractivity contribution < 1.29 is 96.2 Å². The fraction of sp³-hybridized carbons (Fsp3) is 0. The van der Waals surface area contributed by atoms with Crippen molar-refractivity contribution in [2.75, 3.05) is 0 Å². The summed E-state index contributed by atoms with van der Waals surface area (Å²) < 4.78 is 0. The Balaban J connectivity index is 0. The van der Waals surface area contributed by atoms with Crippen LogP contribution in [0.15, 0.2) is 0 Å². The molecule has 0 radical (unpaired) electrons. The first kappa shape index (κ1) is 90.2. The van der Waals surface area contributed by atoms with Gasteiger partial charge in [-0.05, 0) is 0 Å². The summed E-state index contributed by atoms with van der Waals surface area (Å²) in [6.07, 6.45) is 0. The molecule has 0 aromatic heterocycles. The van der Waals surface area contributed by atoms with Gasteiger partial charge >= 0.3 is 70.6 Å². The summed E-state index contributed by atoms with van der Waals surface area (Å²) in [7, 11) is 0. The van der Waals surface area contributed by atoms with Gasteiger partial charge in [0.05, 0.1) is 0 Å². The Kier molecular flexibility index (Phi) is 771. The molecule has 0 nitrogen and oxygen atoms in total. The molecule has 0 saturated heterocycles. The molecule has 0 fully saturated rings. The van der Waals surface area contributed by atoms with E-state index in [9.17, 15) is 0 Å². The first-order valence-corrected chi connectivity index (χ1v) is 0. The SMILES string of the molecule is [Ba+2].[Cl-].[Cl-].[Cl-].[Cl-].[Cl-].[Cl-].[Ti+4]. The fourth-order valence-corrected chi connectivity index (χ4v) is 0. The van der Waals surface area contributed by atoms with Crippen LogP contribution in [0.2, 0.25) is 0 Å². The predicted octanol–water partition coefficient (Wildman–Crippen LogP) is -18.4. The first-order valence-electron chi connectivity index (χ1n) is 0. The summed E-state index contributed by atoms with van der Waals surface area (Å²) in [6, 6.07) is 0. The zero-order chi connectivity index (χ0) is 0. The molecule has 0 atom stereocenters. The van der Waals surface area contributed by atoms with Crippen molar-refractivity contribution in [1.82, 2.24) is 0 Å². The van der Waals surface area contributed by atoms with E-state index in [1.807, 2.05) is 0 Å². The monoisotopic (exact) mass is 396 g/mol. The summed E-state index contributed by atoms with van der Waals surface area (Å²) in [5, 5.41) is 0. The molecule has 0 heterocycles. The molecule has 0 aromatic rings. The van der Waals surface area contributed by atoms with Crippen molar-refractivity contribution in [1.29, 1.82) is 0 Å². The second-order valence-electron chi connectivity index (χ2n) is 0. The molecule has 0 unspecified atom stereocenters. The third-order valence-corrected chi connectivity index (χ3v) is 0. The van der Waals surface area contributed by atoms with Gasteiger partial charge in [0.1, 0.15) is 0 Å². The number of rotatable bonds is 0. The Bertz CT molecular complexity index is 8.49. The van der Waals surface area contributed by atoms with Crippen molar-refractivity contribution in [3.05, 3.63) is 0 Å². The van der Waals surface area contributed by atoms with E-state index >= 15 is 0 Å². The largest absolute Gasteiger partial charge is 4.00 e. The van der Waals surface area contributed by atoms with Crippen molar-refractivity contribution in [3.8, 4) is 0 Å². The standard InChI is InChI=1S/Ba.6ClH.Ti/h;6*1H;/q+2;;;;;;;+4/p-6. The molecule has 0 saturated carbocycles. The maximum atomic E-state index is 0. The zero-order valence-corrected chi connectivity index (χ0v) is 14.0. The maximum absolute atomic E-state index is 0. The Morgan fingerprint density at radius 3 is 0.375 bits per heavy atom. The second-order valence-corrected chi connectivity index (χ2v) is 0. The molecule has 0 bridgehead atoms. The van der Waals surface area contributed by atoms with Gasteiger partial charge in [0.25, 0.3) is 0 Å². The van der Waals surface area contributed by atoms with E-state index in [0.717, 1.165) is 0 Å². The molecule has 48 valence electrons. The Labute approximate surface area is 142 Å². The van der Waals surface area contributed by atoms with E-state index in [-0.39, 0.29) is 145 Å². The molecule has 0 spiro atoms. The smallest absolute Gasteiger partial charge is 1.00 e. The first-order chi connectivity index (χ1) is 0. The van der Waals surface area contributed by atoms with Crippen LogP contribution in [0.3, 0.4) is 0 Å². The van der Waals surface area contributed by atoms with Gasteiger partial charge in [-0.2, -0.15) is 0 Å². The Morgan fingerprint density at radius 2 is 0.375 bits per heavy atom. The number of hydrogen-bond acceptors (Lipinski definition) is 0. The van der Waals surface area contributed by atoms with E-state index in [1.165, 1.54) is 0 Å². The van der Waals surface area contributed by atoms with Crippen LogP contribution in [0.25, 0.3) is 0 Å². The van der Waals surface area contributed by atoms with Gasteiger partial charge in [-0.15, -0.1) is 0 Å². The summed E-state index contributed by atoms with van der Waals surface area (Å²) in [5.74, 6) is 0. The summed E-state index contributed by atoms with van der Waals surface area (Å²) in [5.41, 5.74) is 0. The molecule has 0 aliphatic rings. The second kappa shape index (κ2) is 68.4. The van der Waals surface area contributed by atoms with Crippen LogP contribution >= 0.6 is 0 Å². The predicted molar refractivity (Wildman–Crippen MR) is 5.75 cm³/mol. The van der Waals surface area contributed by atoms with Crippen LogP contribution < -0.4 is 74.4 Å². The van der Waals surface area contributed by atoms with E-state index in [4.69, 9.17) is 0 Å². The minimum absolute atomic E-state index is 0. The van der Waals surface area contributed by atoms with Gasteiger partial charge in [0.15, 0.2) is 0 Å². The average molecular weight is 398 g/mol. The molecule has 0 amide bonds. The third kappa shape index (κ3) is 50.4. The molecular formula is BaCl6Ti. The Hall–Kier alpha value is 4.03. The van der Waals surface area contributed by atoms with Crippen LogP contribution in [0, 0.1) is 0 Å². The summed E-state index contributed by atoms with van der Waals surface area (Å²) in [4.78, 5) is 0. The molecule has 8 heavy (non-hydrogen) atoms. The number of hydrogen-bond donors (Lipinski definition) is 0. The van der Waals surface area contributed by atoms with Crippen molar-refractivity contribution in [2.45, 2.75) is 0 Å². The molecule has 0 aromatic carbocycles. The fourth-order valence-electron chi connectivity index (χ4n) is 0. The summed E-state index contributed by atoms with van der Waals surface area (Å²) >= 11 is 0. The third-order valence-electron chi connectivity index (χ3n) is 0. The normalized spacial score (nSPS) is 0. The molecule has 8 heteroatoms. The minimum atomic E-state index is 0. The zero-order valence-electron chi connectivity index (χ0n) is 3.47. The molecule has 0 aliphatic heterocycles. The van der Waals surface area contributed by atoms with Gasteiger partial charge in [-0.25, -0.2) is 0 Å². The van der Waals surface area contributed by atoms with Crippen molar-refractivity contribution >= 4 is 48.9 Å². The van der Waals surface area contributed by atoms with Gasteiger partial charge in [0.2, 0.25) is 0 Å². The molecule has 0 aliphatic carbocycles. The van der Waals surface area contributed by atoms with Gasteiger partial charge < -0.3 is 74.4 Å². The average Bonchev–Trinajstić information content (AvgIpc) is 0. The van der Waals surface area contributed by atoms with Crippen molar-refractivity contribution in [2.24, 2.45) is 0 Å². The molecular weight excluding hydrogens is 398 g/mol. The number of halogens is 6. The molecule has 0 rings (SSSR count). The topological polar surface area (TPSA) is 0 Å². The van der Waals surface area contributed by atoms with Crippen molar-refractivity contribution in [3.63, 3.8) is 0 Å². The van der Waals surface area contributed by atoms with Crippen LogP contribution in [0.4, 0.5) is 0 Å².